The number of carbonyl (C=O) groups is 1. The minimum absolute atomic E-state index is 0.248. The van der Waals surface area contributed by atoms with E-state index in [1.54, 1.807) is 0 Å². The summed E-state index contributed by atoms with van der Waals surface area (Å²) in [6.45, 7) is 3.84. The zero-order valence-electron chi connectivity index (χ0n) is 11.4. The van der Waals surface area contributed by atoms with Crippen LogP contribution in [0.4, 0.5) is 5.69 Å². The fraction of sp³-hybridized carbons (Fsp3) is 0.533. The number of piperazine rings is 1. The SMILES string of the molecule is CN1CCNC(CC(=O)N2CCc3ccccc32)C1. The molecule has 0 spiro atoms. The van der Waals surface area contributed by atoms with E-state index in [1.165, 1.54) is 5.56 Å². The number of likely N-dealkylation sites (N-methyl/N-ethyl adjacent to an activating group) is 1. The fourth-order valence-electron chi connectivity index (χ4n) is 3.05. The average molecular weight is 259 g/mol. The minimum Gasteiger partial charge on any atom is -0.312 e. The highest BCUT2D eigenvalue weighted by Gasteiger charge is 2.27. The van der Waals surface area contributed by atoms with Gasteiger partial charge in [-0.2, -0.15) is 0 Å². The molecule has 0 aromatic heterocycles. The largest absolute Gasteiger partial charge is 0.312 e. The van der Waals surface area contributed by atoms with E-state index >= 15 is 0 Å². The van der Waals surface area contributed by atoms with Crippen molar-refractivity contribution in [2.75, 3.05) is 38.1 Å². The maximum Gasteiger partial charge on any atom is 0.228 e. The molecule has 1 aromatic rings. The number of benzene rings is 1. The van der Waals surface area contributed by atoms with E-state index in [9.17, 15) is 4.79 Å². The lowest BCUT2D eigenvalue weighted by Crippen LogP contribution is -2.51. The van der Waals surface area contributed by atoms with E-state index in [2.05, 4.69) is 29.4 Å². The Kier molecular flexibility index (Phi) is 3.53. The first-order chi connectivity index (χ1) is 9.24. The van der Waals surface area contributed by atoms with Gasteiger partial charge in [-0.3, -0.25) is 4.79 Å². The molecule has 1 N–H and O–H groups in total. The number of anilines is 1. The molecule has 0 radical (unpaired) electrons. The van der Waals surface area contributed by atoms with Crippen molar-refractivity contribution in [3.8, 4) is 0 Å². The van der Waals surface area contributed by atoms with E-state index in [4.69, 9.17) is 0 Å². The van der Waals surface area contributed by atoms with Crippen LogP contribution in [0.2, 0.25) is 0 Å². The first-order valence-electron chi connectivity index (χ1n) is 7.04. The van der Waals surface area contributed by atoms with Crippen molar-refractivity contribution in [3.05, 3.63) is 29.8 Å². The van der Waals surface area contributed by atoms with Crippen LogP contribution in [-0.4, -0.2) is 50.1 Å². The van der Waals surface area contributed by atoms with Crippen LogP contribution in [0.15, 0.2) is 24.3 Å². The first-order valence-corrected chi connectivity index (χ1v) is 7.04. The third-order valence-electron chi connectivity index (χ3n) is 4.07. The summed E-state index contributed by atoms with van der Waals surface area (Å²) < 4.78 is 0. The van der Waals surface area contributed by atoms with Crippen LogP contribution in [0, 0.1) is 0 Å². The molecule has 4 nitrogen and oxygen atoms in total. The molecule has 0 bridgehead atoms. The van der Waals surface area contributed by atoms with Gasteiger partial charge >= 0.3 is 0 Å². The van der Waals surface area contributed by atoms with Crippen molar-refractivity contribution < 1.29 is 4.79 Å². The minimum atomic E-state index is 0.248. The van der Waals surface area contributed by atoms with Crippen molar-refractivity contribution in [3.63, 3.8) is 0 Å². The van der Waals surface area contributed by atoms with Crippen LogP contribution in [0.1, 0.15) is 12.0 Å². The van der Waals surface area contributed by atoms with Gasteiger partial charge in [-0.15, -0.1) is 0 Å². The van der Waals surface area contributed by atoms with Gasteiger partial charge < -0.3 is 15.1 Å². The summed E-state index contributed by atoms with van der Waals surface area (Å²) >= 11 is 0. The number of hydrogen-bond donors (Lipinski definition) is 1. The summed E-state index contributed by atoms with van der Waals surface area (Å²) in [5, 5.41) is 3.44. The number of nitrogens with zero attached hydrogens (tertiary/aromatic N) is 2. The van der Waals surface area contributed by atoms with Gasteiger partial charge in [0.25, 0.3) is 0 Å². The van der Waals surface area contributed by atoms with Crippen LogP contribution >= 0.6 is 0 Å². The van der Waals surface area contributed by atoms with Crippen molar-refractivity contribution in [1.29, 1.82) is 0 Å². The highest BCUT2D eigenvalue weighted by molar-refractivity contribution is 5.95. The Hall–Kier alpha value is -1.39. The van der Waals surface area contributed by atoms with Crippen molar-refractivity contribution in [2.45, 2.75) is 18.9 Å². The normalized spacial score (nSPS) is 23.4. The zero-order valence-corrected chi connectivity index (χ0v) is 11.4. The van der Waals surface area contributed by atoms with Crippen LogP contribution in [0.3, 0.4) is 0 Å². The second-order valence-electron chi connectivity index (χ2n) is 5.54. The monoisotopic (exact) mass is 259 g/mol. The number of hydrogen-bond acceptors (Lipinski definition) is 3. The summed E-state index contributed by atoms with van der Waals surface area (Å²) in [7, 11) is 2.11. The molecule has 1 fully saturated rings. The Morgan fingerprint density at radius 1 is 1.37 bits per heavy atom. The quantitative estimate of drug-likeness (QED) is 0.856. The molecule has 1 aromatic carbocycles. The molecular weight excluding hydrogens is 238 g/mol. The Labute approximate surface area is 114 Å². The smallest absolute Gasteiger partial charge is 0.228 e. The molecule has 2 aliphatic rings. The third-order valence-corrected chi connectivity index (χ3v) is 4.07. The molecule has 0 aliphatic carbocycles. The van der Waals surface area contributed by atoms with Crippen LogP contribution in [-0.2, 0) is 11.2 Å². The molecule has 1 atom stereocenters. The van der Waals surface area contributed by atoms with Gasteiger partial charge in [0.05, 0.1) is 0 Å². The van der Waals surface area contributed by atoms with Crippen LogP contribution < -0.4 is 10.2 Å². The molecule has 1 unspecified atom stereocenters. The van der Waals surface area contributed by atoms with E-state index < -0.39 is 0 Å². The third kappa shape index (κ3) is 2.65. The summed E-state index contributed by atoms with van der Waals surface area (Å²) in [6.07, 6.45) is 1.58. The van der Waals surface area contributed by atoms with E-state index in [0.29, 0.717) is 12.5 Å². The molecule has 2 heterocycles. The molecule has 3 rings (SSSR count). The van der Waals surface area contributed by atoms with Crippen LogP contribution in [0.5, 0.6) is 0 Å². The molecule has 19 heavy (non-hydrogen) atoms. The van der Waals surface area contributed by atoms with Crippen LogP contribution in [0.25, 0.3) is 0 Å². The lowest BCUT2D eigenvalue weighted by Gasteiger charge is -2.31. The maximum absolute atomic E-state index is 12.5. The number of amides is 1. The number of rotatable bonds is 2. The molecule has 2 aliphatic heterocycles. The van der Waals surface area contributed by atoms with E-state index in [1.807, 2.05) is 17.0 Å². The summed E-state index contributed by atoms with van der Waals surface area (Å²) in [6, 6.07) is 8.52. The van der Waals surface area contributed by atoms with E-state index in [-0.39, 0.29) is 5.91 Å². The number of fused-ring (bicyclic) bond motifs is 1. The van der Waals surface area contributed by atoms with Crippen molar-refractivity contribution in [2.24, 2.45) is 0 Å². The Morgan fingerprint density at radius 2 is 2.21 bits per heavy atom. The van der Waals surface area contributed by atoms with Gasteiger partial charge in [0.2, 0.25) is 5.91 Å². The van der Waals surface area contributed by atoms with Crippen molar-refractivity contribution in [1.82, 2.24) is 10.2 Å². The van der Waals surface area contributed by atoms with Gasteiger partial charge in [-0.05, 0) is 25.1 Å². The second-order valence-corrected chi connectivity index (χ2v) is 5.54. The van der Waals surface area contributed by atoms with Gasteiger partial charge in [0.1, 0.15) is 0 Å². The fourth-order valence-corrected chi connectivity index (χ4v) is 3.05. The zero-order chi connectivity index (χ0) is 13.2. The highest BCUT2D eigenvalue weighted by atomic mass is 16.2. The Morgan fingerprint density at radius 3 is 3.05 bits per heavy atom. The molecule has 1 amide bonds. The maximum atomic E-state index is 12.5. The second kappa shape index (κ2) is 5.31. The van der Waals surface area contributed by atoms with Gasteiger partial charge in [0, 0.05) is 44.3 Å². The predicted molar refractivity (Wildman–Crippen MR) is 76.4 cm³/mol. The Balaban J connectivity index is 1.65. The molecule has 0 saturated carbocycles. The summed E-state index contributed by atoms with van der Waals surface area (Å²) in [4.78, 5) is 16.7. The number of para-hydroxylation sites is 1. The van der Waals surface area contributed by atoms with Gasteiger partial charge in [-0.1, -0.05) is 18.2 Å². The number of carbonyl (C=O) groups excluding carboxylic acids is 1. The molecular formula is C15H21N3O. The lowest BCUT2D eigenvalue weighted by molar-refractivity contribution is -0.119. The molecule has 1 saturated heterocycles. The van der Waals surface area contributed by atoms with Crippen molar-refractivity contribution >= 4 is 11.6 Å². The lowest BCUT2D eigenvalue weighted by atomic mass is 10.1. The van der Waals surface area contributed by atoms with Gasteiger partial charge in [0.15, 0.2) is 0 Å². The molecule has 4 heteroatoms. The highest BCUT2D eigenvalue weighted by Crippen LogP contribution is 2.28. The van der Waals surface area contributed by atoms with E-state index in [0.717, 1.165) is 38.3 Å². The summed E-state index contributed by atoms with van der Waals surface area (Å²) in [5.74, 6) is 0.248. The van der Waals surface area contributed by atoms with Gasteiger partial charge in [-0.25, -0.2) is 0 Å². The number of nitrogens with one attached hydrogen (secondary N) is 1. The standard InChI is InChI=1S/C15H21N3O/c1-17-9-7-16-13(11-17)10-15(19)18-8-6-12-4-2-3-5-14(12)18/h2-5,13,16H,6-11H2,1H3. The molecule has 102 valence electrons. The predicted octanol–water partition coefficient (Wildman–Crippen LogP) is 0.869. The topological polar surface area (TPSA) is 35.6 Å². The average Bonchev–Trinajstić information content (AvgIpc) is 2.82. The summed E-state index contributed by atoms with van der Waals surface area (Å²) in [5.41, 5.74) is 2.40. The Bertz CT molecular complexity index is 474. The first kappa shape index (κ1) is 12.6.